The number of benzene rings is 1. The second-order valence-electron chi connectivity index (χ2n) is 8.04. The molecule has 0 bridgehead atoms. The van der Waals surface area contributed by atoms with Gasteiger partial charge in [-0.1, -0.05) is 12.1 Å². The Hall–Kier alpha value is -3.45. The van der Waals surface area contributed by atoms with Crippen LogP contribution in [0, 0.1) is 0 Å². The number of carbonyl (C=O) groups is 1. The third kappa shape index (κ3) is 5.91. The summed E-state index contributed by atoms with van der Waals surface area (Å²) >= 11 is 0. The minimum absolute atomic E-state index is 0.196. The molecule has 0 saturated heterocycles. The van der Waals surface area contributed by atoms with E-state index in [9.17, 15) is 13.2 Å². The van der Waals surface area contributed by atoms with Crippen molar-refractivity contribution in [1.29, 1.82) is 0 Å². The molecule has 1 aromatic carbocycles. The number of hydrogen-bond acceptors (Lipinski definition) is 9. The van der Waals surface area contributed by atoms with E-state index < -0.39 is 16.1 Å². The van der Waals surface area contributed by atoms with E-state index in [2.05, 4.69) is 20.3 Å². The van der Waals surface area contributed by atoms with E-state index in [0.717, 1.165) is 16.3 Å². The molecule has 0 saturated carbocycles. The smallest absolute Gasteiger partial charge is 0.407 e. The Bertz CT molecular complexity index is 1240. The zero-order chi connectivity index (χ0) is 24.9. The van der Waals surface area contributed by atoms with Gasteiger partial charge in [-0.2, -0.15) is 9.97 Å². The number of imidazole rings is 1. The number of amides is 1. The van der Waals surface area contributed by atoms with Crippen molar-refractivity contribution in [2.45, 2.75) is 30.8 Å². The van der Waals surface area contributed by atoms with Gasteiger partial charge in [0.25, 0.3) is 0 Å². The first-order valence-electron chi connectivity index (χ1n) is 10.7. The van der Waals surface area contributed by atoms with Crippen LogP contribution < -0.4 is 16.0 Å². The highest BCUT2D eigenvalue weighted by atomic mass is 32.2. The predicted octanol–water partition coefficient (Wildman–Crippen LogP) is 1.43. The monoisotopic (exact) mass is 490 g/mol. The molecule has 2 heterocycles. The molecule has 0 spiro atoms. The average Bonchev–Trinajstić information content (AvgIpc) is 3.21. The maximum absolute atomic E-state index is 12.1. The number of fused-ring (bicyclic) bond motifs is 1. The van der Waals surface area contributed by atoms with Crippen molar-refractivity contribution in [1.82, 2.24) is 29.1 Å². The molecule has 0 unspecified atom stereocenters. The van der Waals surface area contributed by atoms with Gasteiger partial charge in [0.15, 0.2) is 11.5 Å². The summed E-state index contributed by atoms with van der Waals surface area (Å²) in [7, 11) is 3.16. The number of sulfonamides is 1. The van der Waals surface area contributed by atoms with E-state index in [-0.39, 0.29) is 18.0 Å². The molecule has 0 aliphatic rings. The number of hydrogen-bond donors (Lipinski definition) is 2. The number of rotatable bonds is 10. The number of aromatic nitrogens is 4. The SMILES string of the molecule is CN(C)c1nc(N)c2ncn(CCCCOC(=O)NCc3ccc(S(=O)(=O)N(C)C)cc3)c2n1. The zero-order valence-electron chi connectivity index (χ0n) is 19.7. The van der Waals surface area contributed by atoms with Gasteiger partial charge in [0.1, 0.15) is 5.52 Å². The Morgan fingerprint density at radius 2 is 1.82 bits per heavy atom. The zero-order valence-corrected chi connectivity index (χ0v) is 20.5. The van der Waals surface area contributed by atoms with Crippen LogP contribution in [0.3, 0.4) is 0 Å². The van der Waals surface area contributed by atoms with Crippen LogP contribution in [0.25, 0.3) is 11.2 Å². The lowest BCUT2D eigenvalue weighted by Gasteiger charge is -2.12. The van der Waals surface area contributed by atoms with E-state index >= 15 is 0 Å². The Morgan fingerprint density at radius 3 is 2.47 bits per heavy atom. The molecule has 0 fully saturated rings. The van der Waals surface area contributed by atoms with Crippen LogP contribution in [0.2, 0.25) is 0 Å². The number of nitrogen functional groups attached to an aromatic ring is 1. The van der Waals surface area contributed by atoms with Gasteiger partial charge in [0, 0.05) is 41.3 Å². The lowest BCUT2D eigenvalue weighted by molar-refractivity contribution is 0.143. The number of ether oxygens (including phenoxy) is 1. The largest absolute Gasteiger partial charge is 0.450 e. The van der Waals surface area contributed by atoms with Crippen LogP contribution in [-0.2, 0) is 27.8 Å². The molecule has 34 heavy (non-hydrogen) atoms. The lowest BCUT2D eigenvalue weighted by Crippen LogP contribution is -2.24. The molecule has 3 rings (SSSR count). The molecular weight excluding hydrogens is 460 g/mol. The summed E-state index contributed by atoms with van der Waals surface area (Å²) in [5.74, 6) is 0.849. The molecule has 1 amide bonds. The highest BCUT2D eigenvalue weighted by molar-refractivity contribution is 7.89. The van der Waals surface area contributed by atoms with E-state index in [0.29, 0.717) is 35.9 Å². The summed E-state index contributed by atoms with van der Waals surface area (Å²) in [4.78, 5) is 26.9. The molecule has 0 aliphatic carbocycles. The standard InChI is InChI=1S/C21H30N8O4S/c1-27(2)20-25-18(22)17-19(26-20)29(14-24-17)11-5-6-12-33-21(30)23-13-15-7-9-16(10-8-15)34(31,32)28(3)4/h7-10,14H,5-6,11-13H2,1-4H3,(H,23,30)(H2,22,25,26). The minimum atomic E-state index is -3.48. The first-order valence-corrected chi connectivity index (χ1v) is 12.1. The number of nitrogens with zero attached hydrogens (tertiary/aromatic N) is 6. The second kappa shape index (κ2) is 10.7. The number of aryl methyl sites for hydroxylation is 1. The summed E-state index contributed by atoms with van der Waals surface area (Å²) in [6.07, 6.45) is 2.55. The van der Waals surface area contributed by atoms with Crippen LogP contribution in [0.1, 0.15) is 18.4 Å². The fourth-order valence-electron chi connectivity index (χ4n) is 3.08. The Labute approximate surface area is 198 Å². The van der Waals surface area contributed by atoms with Crippen LogP contribution >= 0.6 is 0 Å². The van der Waals surface area contributed by atoms with E-state index in [1.807, 2.05) is 18.7 Å². The van der Waals surface area contributed by atoms with Gasteiger partial charge in [-0.15, -0.1) is 0 Å². The third-order valence-corrected chi connectivity index (χ3v) is 6.87. The molecule has 0 aliphatic heterocycles. The first kappa shape index (κ1) is 25.2. The fourth-order valence-corrected chi connectivity index (χ4v) is 3.98. The van der Waals surface area contributed by atoms with Crippen LogP contribution in [0.4, 0.5) is 16.6 Å². The number of nitrogens with one attached hydrogen (secondary N) is 1. The number of anilines is 2. The van der Waals surface area contributed by atoms with E-state index in [1.165, 1.54) is 26.2 Å². The van der Waals surface area contributed by atoms with Crippen molar-refractivity contribution in [2.75, 3.05) is 45.4 Å². The summed E-state index contributed by atoms with van der Waals surface area (Å²) < 4.78 is 32.5. The van der Waals surface area contributed by atoms with Crippen molar-refractivity contribution in [2.24, 2.45) is 0 Å². The van der Waals surface area contributed by atoms with Gasteiger partial charge in [0.2, 0.25) is 16.0 Å². The number of carbonyl (C=O) groups excluding carboxylic acids is 1. The first-order chi connectivity index (χ1) is 16.1. The van der Waals surface area contributed by atoms with E-state index in [4.69, 9.17) is 10.5 Å². The van der Waals surface area contributed by atoms with Crippen molar-refractivity contribution >= 4 is 39.0 Å². The highest BCUT2D eigenvalue weighted by Gasteiger charge is 2.16. The second-order valence-corrected chi connectivity index (χ2v) is 10.2. The Balaban J connectivity index is 1.41. The van der Waals surface area contributed by atoms with Crippen molar-refractivity contribution < 1.29 is 17.9 Å². The van der Waals surface area contributed by atoms with Crippen LogP contribution in [-0.4, -0.2) is 73.1 Å². The fraction of sp³-hybridized carbons (Fsp3) is 0.429. The van der Waals surface area contributed by atoms with Gasteiger partial charge in [0.05, 0.1) is 17.8 Å². The molecule has 13 heteroatoms. The predicted molar refractivity (Wildman–Crippen MR) is 129 cm³/mol. The lowest BCUT2D eigenvalue weighted by atomic mass is 10.2. The van der Waals surface area contributed by atoms with Crippen LogP contribution in [0.15, 0.2) is 35.5 Å². The molecule has 184 valence electrons. The maximum Gasteiger partial charge on any atom is 0.407 e. The molecule has 3 aromatic rings. The van der Waals surface area contributed by atoms with Crippen molar-refractivity contribution in [3.63, 3.8) is 0 Å². The van der Waals surface area contributed by atoms with Crippen molar-refractivity contribution in [3.8, 4) is 0 Å². The number of unbranched alkanes of at least 4 members (excludes halogenated alkanes) is 1. The Kier molecular flexibility index (Phi) is 7.89. The van der Waals surface area contributed by atoms with Gasteiger partial charge >= 0.3 is 6.09 Å². The number of alkyl carbamates (subject to hydrolysis) is 1. The minimum Gasteiger partial charge on any atom is -0.450 e. The summed E-state index contributed by atoms with van der Waals surface area (Å²) in [6.45, 7) is 1.14. The highest BCUT2D eigenvalue weighted by Crippen LogP contribution is 2.19. The quantitative estimate of drug-likeness (QED) is 0.403. The van der Waals surface area contributed by atoms with E-state index in [1.54, 1.807) is 23.4 Å². The molecule has 0 atom stereocenters. The molecule has 2 aromatic heterocycles. The summed E-state index contributed by atoms with van der Waals surface area (Å²) in [6, 6.07) is 6.34. The van der Waals surface area contributed by atoms with Gasteiger partial charge in [-0.3, -0.25) is 0 Å². The molecular formula is C21H30N8O4S. The van der Waals surface area contributed by atoms with Crippen molar-refractivity contribution in [3.05, 3.63) is 36.2 Å². The number of nitrogens with two attached hydrogens (primary N) is 1. The maximum atomic E-state index is 12.1. The Morgan fingerprint density at radius 1 is 1.12 bits per heavy atom. The van der Waals surface area contributed by atoms with Gasteiger partial charge in [-0.05, 0) is 30.5 Å². The normalized spacial score (nSPS) is 11.7. The summed E-state index contributed by atoms with van der Waals surface area (Å²) in [5.41, 5.74) is 7.97. The average molecular weight is 491 g/mol. The van der Waals surface area contributed by atoms with Gasteiger partial charge < -0.3 is 25.3 Å². The van der Waals surface area contributed by atoms with Crippen LogP contribution in [0.5, 0.6) is 0 Å². The molecule has 0 radical (unpaired) electrons. The van der Waals surface area contributed by atoms with Gasteiger partial charge in [-0.25, -0.2) is 22.5 Å². The topological polar surface area (TPSA) is 149 Å². The third-order valence-electron chi connectivity index (χ3n) is 5.04. The molecule has 3 N–H and O–H groups in total. The summed E-state index contributed by atoms with van der Waals surface area (Å²) in [5, 5.41) is 2.66. The molecule has 12 nitrogen and oxygen atoms in total.